The van der Waals surface area contributed by atoms with Crippen molar-refractivity contribution in [1.29, 1.82) is 0 Å². The van der Waals surface area contributed by atoms with Crippen LogP contribution < -0.4 is 0 Å². The molecule has 2 nitrogen and oxygen atoms in total. The number of rotatable bonds is 4. The monoisotopic (exact) mass is 572 g/mol. The second-order valence-electron chi connectivity index (χ2n) is 11.6. The van der Waals surface area contributed by atoms with Crippen LogP contribution in [0.4, 0.5) is 0 Å². The quantitative estimate of drug-likeness (QED) is 0.192. The van der Waals surface area contributed by atoms with Crippen LogP contribution in [0.1, 0.15) is 0 Å². The summed E-state index contributed by atoms with van der Waals surface area (Å²) in [5.41, 5.74) is 10.4. The second kappa shape index (κ2) is 10.3. The van der Waals surface area contributed by atoms with Crippen LogP contribution in [0, 0.1) is 0 Å². The van der Waals surface area contributed by atoms with Crippen molar-refractivity contribution in [3.63, 3.8) is 0 Å². The maximum absolute atomic E-state index is 5.20. The molecule has 0 amide bonds. The Balaban J connectivity index is 1.32. The van der Waals surface area contributed by atoms with Crippen molar-refractivity contribution in [1.82, 2.24) is 9.55 Å². The van der Waals surface area contributed by atoms with Gasteiger partial charge in [0.1, 0.15) is 0 Å². The zero-order valence-electron chi connectivity index (χ0n) is 24.6. The number of para-hydroxylation sites is 2. The maximum atomic E-state index is 5.20. The summed E-state index contributed by atoms with van der Waals surface area (Å²) in [6.07, 6.45) is 2.03. The van der Waals surface area contributed by atoms with E-state index in [-0.39, 0.29) is 0 Å². The third-order valence-electron chi connectivity index (χ3n) is 9.04. The summed E-state index contributed by atoms with van der Waals surface area (Å²) < 4.78 is 2.32. The molecule has 2 aromatic heterocycles. The molecule has 0 unspecified atom stereocenters. The minimum Gasteiger partial charge on any atom is -0.308 e. The number of hydrogen-bond acceptors (Lipinski definition) is 1. The molecule has 0 spiro atoms. The van der Waals surface area contributed by atoms with E-state index in [1.165, 1.54) is 65.6 Å². The summed E-state index contributed by atoms with van der Waals surface area (Å²) >= 11 is 0. The van der Waals surface area contributed by atoms with E-state index in [9.17, 15) is 0 Å². The number of aromatic nitrogens is 2. The van der Waals surface area contributed by atoms with Crippen LogP contribution in [0.25, 0.3) is 82.5 Å². The van der Waals surface area contributed by atoms with Crippen LogP contribution in [-0.2, 0) is 0 Å². The summed E-state index contributed by atoms with van der Waals surface area (Å²) in [4.78, 5) is 5.20. The molecule has 0 N–H and O–H groups in total. The number of nitrogens with zero attached hydrogens (tertiary/aromatic N) is 2. The summed E-state index contributed by atoms with van der Waals surface area (Å²) in [6, 6.07) is 58.7. The lowest BCUT2D eigenvalue weighted by molar-refractivity contribution is 1.14. The molecule has 0 fully saturated rings. The summed E-state index contributed by atoms with van der Waals surface area (Å²) in [7, 11) is 0. The zero-order chi connectivity index (χ0) is 29.7. The average Bonchev–Trinajstić information content (AvgIpc) is 3.45. The fourth-order valence-corrected chi connectivity index (χ4v) is 7.05. The molecule has 9 aromatic rings. The Morgan fingerprint density at radius 3 is 1.51 bits per heavy atom. The van der Waals surface area contributed by atoms with E-state index in [0.717, 1.165) is 16.9 Å². The van der Waals surface area contributed by atoms with Gasteiger partial charge >= 0.3 is 0 Å². The average molecular weight is 573 g/mol. The smallest absolute Gasteiger partial charge is 0.0716 e. The van der Waals surface area contributed by atoms with Gasteiger partial charge in [0.25, 0.3) is 0 Å². The van der Waals surface area contributed by atoms with Gasteiger partial charge in [-0.1, -0.05) is 133 Å². The third-order valence-corrected chi connectivity index (χ3v) is 9.04. The summed E-state index contributed by atoms with van der Waals surface area (Å²) in [6.45, 7) is 0. The van der Waals surface area contributed by atoms with Crippen LogP contribution in [0.2, 0.25) is 0 Å². The van der Waals surface area contributed by atoms with E-state index < -0.39 is 0 Å². The van der Waals surface area contributed by atoms with Gasteiger partial charge in [-0.15, -0.1) is 0 Å². The van der Waals surface area contributed by atoms with Crippen molar-refractivity contribution in [2.45, 2.75) is 0 Å². The van der Waals surface area contributed by atoms with Crippen LogP contribution >= 0.6 is 0 Å². The maximum Gasteiger partial charge on any atom is 0.0716 e. The Hall–Kier alpha value is -5.99. The number of hydrogen-bond donors (Lipinski definition) is 0. The van der Waals surface area contributed by atoms with Gasteiger partial charge in [-0.05, 0) is 74.1 Å². The molecule has 210 valence electrons. The Morgan fingerprint density at radius 1 is 0.356 bits per heavy atom. The van der Waals surface area contributed by atoms with Crippen LogP contribution in [0.15, 0.2) is 170 Å². The Bertz CT molecular complexity index is 2450. The molecule has 0 bridgehead atoms. The van der Waals surface area contributed by atoms with E-state index in [0.29, 0.717) is 0 Å². The largest absolute Gasteiger partial charge is 0.308 e. The van der Waals surface area contributed by atoms with E-state index in [1.54, 1.807) is 0 Å². The number of pyridine rings is 1. The first-order valence-electron chi connectivity index (χ1n) is 15.4. The second-order valence-corrected chi connectivity index (χ2v) is 11.6. The fourth-order valence-electron chi connectivity index (χ4n) is 7.05. The van der Waals surface area contributed by atoms with Crippen molar-refractivity contribution in [2.24, 2.45) is 0 Å². The van der Waals surface area contributed by atoms with Gasteiger partial charge in [0, 0.05) is 16.3 Å². The first-order valence-corrected chi connectivity index (χ1v) is 15.4. The minimum absolute atomic E-state index is 0.963. The lowest BCUT2D eigenvalue weighted by Crippen LogP contribution is -1.97. The molecule has 2 heterocycles. The third kappa shape index (κ3) is 4.07. The van der Waals surface area contributed by atoms with Crippen LogP contribution in [0.5, 0.6) is 0 Å². The van der Waals surface area contributed by atoms with E-state index >= 15 is 0 Å². The normalized spacial score (nSPS) is 11.6. The lowest BCUT2D eigenvalue weighted by atomic mass is 9.86. The summed E-state index contributed by atoms with van der Waals surface area (Å²) in [5, 5.41) is 7.35. The van der Waals surface area contributed by atoms with Gasteiger partial charge in [0.15, 0.2) is 0 Å². The molecule has 0 aliphatic carbocycles. The highest BCUT2D eigenvalue weighted by molar-refractivity contribution is 6.21. The first kappa shape index (κ1) is 25.5. The standard InChI is InChI=1S/C43H28N2/c1-3-13-29(14-4-1)31-23-25-37-38(27-31)43(36-20-8-7-19-35(36)42(37)30-15-5-2-6-16-30)39-26-24-32(28-44-39)45-40-21-11-9-17-33(40)34-18-10-12-22-41(34)45/h1-28H. The lowest BCUT2D eigenvalue weighted by Gasteiger charge is -2.18. The minimum atomic E-state index is 0.963. The zero-order valence-corrected chi connectivity index (χ0v) is 24.6. The molecule has 7 aromatic carbocycles. The molecule has 45 heavy (non-hydrogen) atoms. The predicted molar refractivity (Wildman–Crippen MR) is 190 cm³/mol. The molecule has 0 radical (unpaired) electrons. The van der Waals surface area contributed by atoms with Gasteiger partial charge in [-0.3, -0.25) is 4.98 Å². The number of benzene rings is 7. The molecule has 0 atom stereocenters. The van der Waals surface area contributed by atoms with Crippen molar-refractivity contribution in [3.8, 4) is 39.2 Å². The highest BCUT2D eigenvalue weighted by Crippen LogP contribution is 2.44. The topological polar surface area (TPSA) is 17.8 Å². The van der Waals surface area contributed by atoms with E-state index in [4.69, 9.17) is 4.98 Å². The van der Waals surface area contributed by atoms with E-state index in [1.807, 2.05) is 6.20 Å². The Labute approximate surface area is 261 Å². The Morgan fingerprint density at radius 2 is 0.889 bits per heavy atom. The van der Waals surface area contributed by atoms with Crippen molar-refractivity contribution >= 4 is 43.4 Å². The summed E-state index contributed by atoms with van der Waals surface area (Å²) in [5.74, 6) is 0. The Kier molecular flexibility index (Phi) is 5.85. The van der Waals surface area contributed by atoms with Gasteiger partial charge in [0.05, 0.1) is 28.6 Å². The molecule has 0 saturated carbocycles. The van der Waals surface area contributed by atoms with Crippen molar-refractivity contribution < 1.29 is 0 Å². The van der Waals surface area contributed by atoms with Gasteiger partial charge in [-0.2, -0.15) is 0 Å². The molecule has 2 heteroatoms. The molecule has 0 saturated heterocycles. The molecular formula is C43H28N2. The fraction of sp³-hybridized carbons (Fsp3) is 0. The molecule has 0 aliphatic rings. The van der Waals surface area contributed by atoms with Crippen LogP contribution in [-0.4, -0.2) is 9.55 Å². The first-order chi connectivity index (χ1) is 22.3. The highest BCUT2D eigenvalue weighted by Gasteiger charge is 2.19. The SMILES string of the molecule is c1ccc(-c2ccc3c(-c4ccccc4)c4ccccc4c(-c4ccc(-n5c6ccccc6c6ccccc65)cn4)c3c2)cc1. The van der Waals surface area contributed by atoms with Gasteiger partial charge < -0.3 is 4.57 Å². The molecule has 0 aliphatic heterocycles. The van der Waals surface area contributed by atoms with Crippen molar-refractivity contribution in [2.75, 3.05) is 0 Å². The van der Waals surface area contributed by atoms with Crippen molar-refractivity contribution in [3.05, 3.63) is 170 Å². The highest BCUT2D eigenvalue weighted by atomic mass is 15.0. The predicted octanol–water partition coefficient (Wildman–Crippen LogP) is 11.5. The van der Waals surface area contributed by atoms with Gasteiger partial charge in [0.2, 0.25) is 0 Å². The van der Waals surface area contributed by atoms with E-state index in [2.05, 4.69) is 168 Å². The van der Waals surface area contributed by atoms with Crippen LogP contribution in [0.3, 0.4) is 0 Å². The number of fused-ring (bicyclic) bond motifs is 5. The molecular weight excluding hydrogens is 544 g/mol. The van der Waals surface area contributed by atoms with Gasteiger partial charge in [-0.25, -0.2) is 0 Å². The molecule has 9 rings (SSSR count).